The van der Waals surface area contributed by atoms with E-state index in [0.29, 0.717) is 41.5 Å². The van der Waals surface area contributed by atoms with Gasteiger partial charge in [0.25, 0.3) is 5.91 Å². The van der Waals surface area contributed by atoms with Crippen LogP contribution in [0.15, 0.2) is 36.7 Å². The molecule has 152 valence electrons. The van der Waals surface area contributed by atoms with Gasteiger partial charge in [0.2, 0.25) is 5.91 Å². The highest BCUT2D eigenvalue weighted by molar-refractivity contribution is 6.31. The number of carbonyl (C=O) groups excluding carboxylic acids is 2. The van der Waals surface area contributed by atoms with Crippen molar-refractivity contribution in [3.8, 4) is 5.75 Å². The van der Waals surface area contributed by atoms with Crippen LogP contribution in [0.2, 0.25) is 5.02 Å². The Hall–Kier alpha value is -2.60. The summed E-state index contributed by atoms with van der Waals surface area (Å²) in [6, 6.07) is 7.19. The van der Waals surface area contributed by atoms with E-state index in [1.807, 2.05) is 37.8 Å². The number of amides is 2. The molecule has 2 aliphatic rings. The fourth-order valence-electron chi connectivity index (χ4n) is 4.21. The number of nitrogens with zero attached hydrogens (tertiary/aromatic N) is 3. The van der Waals surface area contributed by atoms with Gasteiger partial charge in [-0.1, -0.05) is 18.5 Å². The fourth-order valence-corrected chi connectivity index (χ4v) is 4.38. The van der Waals surface area contributed by atoms with Gasteiger partial charge in [-0.25, -0.2) is 0 Å². The van der Waals surface area contributed by atoms with Crippen LogP contribution in [0.25, 0.3) is 0 Å². The van der Waals surface area contributed by atoms with Gasteiger partial charge >= 0.3 is 0 Å². The monoisotopic (exact) mass is 413 g/mol. The number of hydrogen-bond donors (Lipinski definition) is 0. The number of hydrogen-bond acceptors (Lipinski definition) is 4. The summed E-state index contributed by atoms with van der Waals surface area (Å²) in [5, 5.41) is 0.606. The van der Waals surface area contributed by atoms with Crippen molar-refractivity contribution in [3.05, 3.63) is 52.8 Å². The Kier molecular flexibility index (Phi) is 4.99. The first-order valence-corrected chi connectivity index (χ1v) is 10.2. The molecule has 1 fully saturated rings. The van der Waals surface area contributed by atoms with Crippen LogP contribution in [0.1, 0.15) is 49.5 Å². The van der Waals surface area contributed by atoms with Crippen LogP contribution in [0.4, 0.5) is 5.69 Å². The summed E-state index contributed by atoms with van der Waals surface area (Å²) in [4.78, 5) is 32.8. The number of aromatic nitrogens is 1. The number of ether oxygens (including phenoxy) is 1. The molecule has 0 spiro atoms. The molecule has 1 saturated heterocycles. The third kappa shape index (κ3) is 3.46. The Labute approximate surface area is 175 Å². The SMILES string of the molecule is CCC(=O)N1CCC(Oc2cncc(N3C(=O)c4ccc(Cl)cc4C3(C)C)c2)C1. The molecule has 29 heavy (non-hydrogen) atoms. The number of carbonyl (C=O) groups is 2. The first-order chi connectivity index (χ1) is 13.8. The Bertz CT molecular complexity index is 976. The van der Waals surface area contributed by atoms with E-state index < -0.39 is 5.54 Å². The molecule has 4 rings (SSSR count). The Morgan fingerprint density at radius 3 is 2.86 bits per heavy atom. The van der Waals surface area contributed by atoms with Gasteiger partial charge in [-0.2, -0.15) is 0 Å². The maximum Gasteiger partial charge on any atom is 0.259 e. The van der Waals surface area contributed by atoms with Gasteiger partial charge in [0, 0.05) is 36.0 Å². The van der Waals surface area contributed by atoms with Gasteiger partial charge < -0.3 is 9.64 Å². The third-order valence-electron chi connectivity index (χ3n) is 5.69. The predicted molar refractivity (Wildman–Crippen MR) is 111 cm³/mol. The lowest BCUT2D eigenvalue weighted by atomic mass is 9.93. The van der Waals surface area contributed by atoms with Crippen LogP contribution in [-0.2, 0) is 10.3 Å². The minimum absolute atomic E-state index is 0.0687. The van der Waals surface area contributed by atoms with Crippen molar-refractivity contribution in [2.24, 2.45) is 0 Å². The van der Waals surface area contributed by atoms with Gasteiger partial charge in [-0.05, 0) is 37.6 Å². The van der Waals surface area contributed by atoms with Crippen molar-refractivity contribution in [2.75, 3.05) is 18.0 Å². The lowest BCUT2D eigenvalue weighted by Crippen LogP contribution is -2.39. The zero-order valence-electron chi connectivity index (χ0n) is 16.8. The normalized spacial score (nSPS) is 20.1. The van der Waals surface area contributed by atoms with Gasteiger partial charge in [0.15, 0.2) is 0 Å². The van der Waals surface area contributed by atoms with E-state index in [0.717, 1.165) is 12.0 Å². The van der Waals surface area contributed by atoms with Crippen LogP contribution in [0, 0.1) is 0 Å². The molecule has 1 aromatic carbocycles. The molecule has 0 N–H and O–H groups in total. The lowest BCUT2D eigenvalue weighted by Gasteiger charge is -2.32. The highest BCUT2D eigenvalue weighted by Gasteiger charge is 2.44. The number of likely N-dealkylation sites (tertiary alicyclic amines) is 1. The molecule has 7 heteroatoms. The molecule has 0 radical (unpaired) electrons. The van der Waals surface area contributed by atoms with Crippen molar-refractivity contribution in [1.29, 1.82) is 0 Å². The number of pyridine rings is 1. The van der Waals surface area contributed by atoms with Crippen molar-refractivity contribution in [2.45, 2.75) is 45.3 Å². The highest BCUT2D eigenvalue weighted by Crippen LogP contribution is 2.43. The molecule has 1 aromatic heterocycles. The second kappa shape index (κ2) is 7.34. The minimum Gasteiger partial charge on any atom is -0.487 e. The second-order valence-electron chi connectivity index (χ2n) is 7.99. The molecule has 2 amide bonds. The van der Waals surface area contributed by atoms with Gasteiger partial charge in [0.1, 0.15) is 11.9 Å². The number of fused-ring (bicyclic) bond motifs is 1. The van der Waals surface area contributed by atoms with Crippen LogP contribution in [-0.4, -0.2) is 40.9 Å². The summed E-state index contributed by atoms with van der Waals surface area (Å²) >= 11 is 6.17. The van der Waals surface area contributed by atoms with E-state index in [1.54, 1.807) is 29.4 Å². The Morgan fingerprint density at radius 2 is 2.10 bits per heavy atom. The van der Waals surface area contributed by atoms with Gasteiger partial charge in [-0.3, -0.25) is 19.5 Å². The number of halogens is 1. The second-order valence-corrected chi connectivity index (χ2v) is 8.43. The maximum atomic E-state index is 13.1. The maximum absolute atomic E-state index is 13.1. The highest BCUT2D eigenvalue weighted by atomic mass is 35.5. The van der Waals surface area contributed by atoms with E-state index >= 15 is 0 Å². The van der Waals surface area contributed by atoms with E-state index in [4.69, 9.17) is 16.3 Å². The molecule has 1 atom stereocenters. The predicted octanol–water partition coefficient (Wildman–Crippen LogP) is 4.02. The molecular formula is C22H24ClN3O3. The van der Waals surface area contributed by atoms with E-state index in [-0.39, 0.29) is 17.9 Å². The Balaban J connectivity index is 1.57. The average Bonchev–Trinajstić information content (AvgIpc) is 3.22. The summed E-state index contributed by atoms with van der Waals surface area (Å²) in [5.41, 5.74) is 1.65. The molecule has 0 bridgehead atoms. The minimum atomic E-state index is -0.560. The van der Waals surface area contributed by atoms with Crippen molar-refractivity contribution < 1.29 is 14.3 Å². The first kappa shape index (κ1) is 19.7. The molecular weight excluding hydrogens is 390 g/mol. The van der Waals surface area contributed by atoms with E-state index in [9.17, 15) is 9.59 Å². The van der Waals surface area contributed by atoms with E-state index in [2.05, 4.69) is 4.98 Å². The zero-order chi connectivity index (χ0) is 20.8. The largest absolute Gasteiger partial charge is 0.487 e. The standard InChI is InChI=1S/C22H24ClN3O3/c1-4-20(27)25-8-7-16(13-25)29-17-10-15(11-24-12-17)26-21(28)18-6-5-14(23)9-19(18)22(26,2)3/h5-6,9-12,16H,4,7-8,13H2,1-3H3. The van der Waals surface area contributed by atoms with Gasteiger partial charge in [0.05, 0.1) is 30.2 Å². The van der Waals surface area contributed by atoms with Crippen molar-refractivity contribution >= 4 is 29.1 Å². The van der Waals surface area contributed by atoms with Crippen LogP contribution in [0.5, 0.6) is 5.75 Å². The van der Waals surface area contributed by atoms with Crippen LogP contribution >= 0.6 is 11.6 Å². The summed E-state index contributed by atoms with van der Waals surface area (Å²) in [6.07, 6.45) is 4.53. The van der Waals surface area contributed by atoms with Crippen molar-refractivity contribution in [3.63, 3.8) is 0 Å². The average molecular weight is 414 g/mol. The molecule has 2 aromatic rings. The topological polar surface area (TPSA) is 62.7 Å². The van der Waals surface area contributed by atoms with Crippen LogP contribution in [0.3, 0.4) is 0 Å². The zero-order valence-corrected chi connectivity index (χ0v) is 17.6. The Morgan fingerprint density at radius 1 is 1.31 bits per heavy atom. The fraction of sp³-hybridized carbons (Fsp3) is 0.409. The molecule has 0 aliphatic carbocycles. The third-order valence-corrected chi connectivity index (χ3v) is 5.93. The van der Waals surface area contributed by atoms with E-state index in [1.165, 1.54) is 0 Å². The van der Waals surface area contributed by atoms with Crippen LogP contribution < -0.4 is 9.64 Å². The molecule has 0 saturated carbocycles. The molecule has 3 heterocycles. The smallest absolute Gasteiger partial charge is 0.259 e. The first-order valence-electron chi connectivity index (χ1n) is 9.85. The molecule has 6 nitrogen and oxygen atoms in total. The molecule has 1 unspecified atom stereocenters. The number of anilines is 1. The summed E-state index contributed by atoms with van der Waals surface area (Å²) in [5.74, 6) is 0.654. The lowest BCUT2D eigenvalue weighted by molar-refractivity contribution is -0.130. The summed E-state index contributed by atoms with van der Waals surface area (Å²) < 4.78 is 6.08. The summed E-state index contributed by atoms with van der Waals surface area (Å²) in [6.45, 7) is 7.13. The summed E-state index contributed by atoms with van der Waals surface area (Å²) in [7, 11) is 0. The number of rotatable bonds is 4. The molecule has 2 aliphatic heterocycles. The van der Waals surface area contributed by atoms with Gasteiger partial charge in [-0.15, -0.1) is 0 Å². The van der Waals surface area contributed by atoms with Crippen molar-refractivity contribution in [1.82, 2.24) is 9.88 Å². The number of benzene rings is 1. The quantitative estimate of drug-likeness (QED) is 0.759.